The number of likely N-dealkylation sites (N-methyl/N-ethyl adjacent to an activating group) is 1. The van der Waals surface area contributed by atoms with Crippen LogP contribution in [0.2, 0.25) is 0 Å². The molecule has 0 saturated heterocycles. The van der Waals surface area contributed by atoms with Gasteiger partial charge in [-0.05, 0) is 18.2 Å². The van der Waals surface area contributed by atoms with Crippen LogP contribution in [0.4, 0.5) is 17.6 Å². The molecule has 0 fully saturated rings. The Balaban J connectivity index is 2.64. The second-order valence-electron chi connectivity index (χ2n) is 4.16. The van der Waals surface area contributed by atoms with E-state index >= 15 is 0 Å². The van der Waals surface area contributed by atoms with Gasteiger partial charge in [-0.25, -0.2) is 4.39 Å². The number of nitrogens with one attached hydrogen (secondary N) is 1. The van der Waals surface area contributed by atoms with Gasteiger partial charge < -0.3 is 10.1 Å². The smallest absolute Gasteiger partial charge is 0.371 e. The second-order valence-corrected chi connectivity index (χ2v) is 4.16. The molecular formula is C13H17F4NO. The topological polar surface area (TPSA) is 21.3 Å². The fraction of sp³-hybridized carbons (Fsp3) is 0.538. The molecule has 0 bridgehead atoms. The van der Waals surface area contributed by atoms with E-state index in [4.69, 9.17) is 0 Å². The summed E-state index contributed by atoms with van der Waals surface area (Å²) in [5.41, 5.74) is 0.366. The molecule has 6 heteroatoms. The number of ether oxygens (including phenoxy) is 1. The van der Waals surface area contributed by atoms with Crippen molar-refractivity contribution < 1.29 is 22.3 Å². The second kappa shape index (κ2) is 7.45. The number of halogens is 4. The van der Waals surface area contributed by atoms with Crippen molar-refractivity contribution in [2.45, 2.75) is 19.0 Å². The molecule has 0 radical (unpaired) electrons. The summed E-state index contributed by atoms with van der Waals surface area (Å²) in [6, 6.07) is 6.05. The van der Waals surface area contributed by atoms with Crippen LogP contribution in [-0.2, 0) is 4.74 Å². The molecule has 0 saturated carbocycles. The summed E-state index contributed by atoms with van der Waals surface area (Å²) in [7, 11) is 0. The average molecular weight is 279 g/mol. The van der Waals surface area contributed by atoms with Gasteiger partial charge in [0.25, 0.3) is 0 Å². The molecule has 0 aromatic heterocycles. The van der Waals surface area contributed by atoms with Gasteiger partial charge in [0, 0.05) is 12.5 Å². The van der Waals surface area contributed by atoms with E-state index in [1.807, 2.05) is 6.92 Å². The normalized spacial score (nSPS) is 13.5. The van der Waals surface area contributed by atoms with Gasteiger partial charge in [-0.15, -0.1) is 0 Å². The Bertz CT molecular complexity index is 381. The summed E-state index contributed by atoms with van der Waals surface area (Å²) in [6.07, 6.45) is -4.36. The molecule has 0 aliphatic rings. The maximum absolute atomic E-state index is 13.6. The van der Waals surface area contributed by atoms with Crippen molar-refractivity contribution in [3.8, 4) is 0 Å². The number of rotatable bonds is 7. The molecule has 1 rings (SSSR count). The molecular weight excluding hydrogens is 262 g/mol. The van der Waals surface area contributed by atoms with Crippen LogP contribution in [0, 0.1) is 5.82 Å². The highest BCUT2D eigenvalue weighted by molar-refractivity contribution is 5.22. The lowest BCUT2D eigenvalue weighted by Crippen LogP contribution is -2.27. The molecule has 0 aliphatic carbocycles. The highest BCUT2D eigenvalue weighted by Gasteiger charge is 2.28. The van der Waals surface area contributed by atoms with E-state index < -0.39 is 24.5 Å². The molecule has 1 aromatic carbocycles. The molecule has 0 amide bonds. The predicted molar refractivity (Wildman–Crippen MR) is 64.6 cm³/mol. The van der Waals surface area contributed by atoms with Gasteiger partial charge in [0.15, 0.2) is 0 Å². The van der Waals surface area contributed by atoms with Crippen LogP contribution in [0.15, 0.2) is 24.3 Å². The van der Waals surface area contributed by atoms with Gasteiger partial charge in [-0.2, -0.15) is 13.2 Å². The van der Waals surface area contributed by atoms with Crippen LogP contribution in [0.3, 0.4) is 0 Å². The van der Waals surface area contributed by atoms with E-state index in [9.17, 15) is 17.6 Å². The number of hydrogen-bond donors (Lipinski definition) is 1. The Morgan fingerprint density at radius 2 is 1.95 bits per heavy atom. The van der Waals surface area contributed by atoms with Gasteiger partial charge in [-0.1, -0.05) is 25.1 Å². The van der Waals surface area contributed by atoms with E-state index in [0.717, 1.165) is 0 Å². The Morgan fingerprint density at radius 1 is 1.26 bits per heavy atom. The summed E-state index contributed by atoms with van der Waals surface area (Å²) in [5, 5.41) is 2.99. The van der Waals surface area contributed by atoms with Crippen LogP contribution in [-0.4, -0.2) is 32.5 Å². The third-order valence-corrected chi connectivity index (χ3v) is 2.57. The van der Waals surface area contributed by atoms with E-state index in [0.29, 0.717) is 18.7 Å². The van der Waals surface area contributed by atoms with Crippen molar-refractivity contribution in [3.05, 3.63) is 35.6 Å². The van der Waals surface area contributed by atoms with Gasteiger partial charge in [0.05, 0.1) is 6.61 Å². The summed E-state index contributed by atoms with van der Waals surface area (Å²) in [6.45, 7) is 1.41. The van der Waals surface area contributed by atoms with Crippen molar-refractivity contribution >= 4 is 0 Å². The zero-order chi connectivity index (χ0) is 14.3. The summed E-state index contributed by atoms with van der Waals surface area (Å²) < 4.78 is 54.3. The summed E-state index contributed by atoms with van der Waals surface area (Å²) in [4.78, 5) is 0. The Kier molecular flexibility index (Phi) is 6.24. The van der Waals surface area contributed by atoms with Crippen LogP contribution in [0.5, 0.6) is 0 Å². The number of alkyl halides is 3. The van der Waals surface area contributed by atoms with Crippen molar-refractivity contribution in [1.82, 2.24) is 5.32 Å². The SMILES string of the molecule is CCNCC(COCC(F)(F)F)c1ccccc1F. The van der Waals surface area contributed by atoms with Crippen LogP contribution < -0.4 is 5.32 Å². The Labute approximate surface area is 109 Å². The first kappa shape index (κ1) is 15.9. The van der Waals surface area contributed by atoms with Gasteiger partial charge >= 0.3 is 6.18 Å². The average Bonchev–Trinajstić information content (AvgIpc) is 2.33. The van der Waals surface area contributed by atoms with Gasteiger partial charge in [0.2, 0.25) is 0 Å². The molecule has 1 unspecified atom stereocenters. The monoisotopic (exact) mass is 279 g/mol. The third kappa shape index (κ3) is 6.02. The molecule has 108 valence electrons. The minimum atomic E-state index is -4.36. The van der Waals surface area contributed by atoms with Crippen LogP contribution in [0.25, 0.3) is 0 Å². The molecule has 0 spiro atoms. The van der Waals surface area contributed by atoms with Crippen LogP contribution in [0.1, 0.15) is 18.4 Å². The third-order valence-electron chi connectivity index (χ3n) is 2.57. The Morgan fingerprint density at radius 3 is 2.53 bits per heavy atom. The predicted octanol–water partition coefficient (Wildman–Crippen LogP) is 3.10. The number of benzene rings is 1. The molecule has 1 atom stereocenters. The fourth-order valence-electron chi connectivity index (χ4n) is 1.70. The first-order valence-corrected chi connectivity index (χ1v) is 6.03. The maximum Gasteiger partial charge on any atom is 0.411 e. The zero-order valence-corrected chi connectivity index (χ0v) is 10.6. The highest BCUT2D eigenvalue weighted by Crippen LogP contribution is 2.21. The minimum Gasteiger partial charge on any atom is -0.371 e. The fourth-order valence-corrected chi connectivity index (χ4v) is 1.70. The largest absolute Gasteiger partial charge is 0.411 e. The van der Waals surface area contributed by atoms with Crippen molar-refractivity contribution in [3.63, 3.8) is 0 Å². The first-order valence-electron chi connectivity index (χ1n) is 6.03. The van der Waals surface area contributed by atoms with Gasteiger partial charge in [-0.3, -0.25) is 0 Å². The molecule has 19 heavy (non-hydrogen) atoms. The molecule has 0 aliphatic heterocycles. The lowest BCUT2D eigenvalue weighted by molar-refractivity contribution is -0.174. The molecule has 2 nitrogen and oxygen atoms in total. The molecule has 1 aromatic rings. The first-order chi connectivity index (χ1) is 8.94. The van der Waals surface area contributed by atoms with Gasteiger partial charge in [0.1, 0.15) is 12.4 Å². The minimum absolute atomic E-state index is 0.173. The molecule has 0 heterocycles. The van der Waals surface area contributed by atoms with Crippen molar-refractivity contribution in [2.24, 2.45) is 0 Å². The Hall–Kier alpha value is -1.14. The summed E-state index contributed by atoms with van der Waals surface area (Å²) >= 11 is 0. The van der Waals surface area contributed by atoms with Crippen LogP contribution >= 0.6 is 0 Å². The van der Waals surface area contributed by atoms with Crippen molar-refractivity contribution in [1.29, 1.82) is 0 Å². The standard InChI is InChI=1S/C13H17F4NO/c1-2-18-7-10(8-19-9-13(15,16)17)11-5-3-4-6-12(11)14/h3-6,10,18H,2,7-9H2,1H3. The lowest BCUT2D eigenvalue weighted by atomic mass is 9.99. The van der Waals surface area contributed by atoms with Crippen molar-refractivity contribution in [2.75, 3.05) is 26.3 Å². The van der Waals surface area contributed by atoms with E-state index in [-0.39, 0.29) is 6.61 Å². The lowest BCUT2D eigenvalue weighted by Gasteiger charge is -2.19. The van der Waals surface area contributed by atoms with E-state index in [1.54, 1.807) is 18.2 Å². The quantitative estimate of drug-likeness (QED) is 0.774. The van der Waals surface area contributed by atoms with E-state index in [2.05, 4.69) is 10.1 Å². The molecule has 1 N–H and O–H groups in total. The highest BCUT2D eigenvalue weighted by atomic mass is 19.4. The zero-order valence-electron chi connectivity index (χ0n) is 10.6. The maximum atomic E-state index is 13.6. The number of hydrogen-bond acceptors (Lipinski definition) is 2. The summed E-state index contributed by atoms with van der Waals surface area (Å²) in [5.74, 6) is -0.871. The van der Waals surface area contributed by atoms with E-state index in [1.165, 1.54) is 6.07 Å².